The van der Waals surface area contributed by atoms with E-state index in [1.807, 2.05) is 0 Å². The normalized spacial score (nSPS) is 11.0. The smallest absolute Gasteiger partial charge is 0.265 e. The summed E-state index contributed by atoms with van der Waals surface area (Å²) in [5, 5.41) is 0.281. The first-order chi connectivity index (χ1) is 11.2. The number of benzene rings is 2. The van der Waals surface area contributed by atoms with Gasteiger partial charge in [-0.15, -0.1) is 0 Å². The average molecular weight is 369 g/mol. The van der Waals surface area contributed by atoms with Crippen LogP contribution in [0.15, 0.2) is 47.4 Å². The largest absolute Gasteiger partial charge is 0.495 e. The summed E-state index contributed by atoms with van der Waals surface area (Å²) in [4.78, 5) is 13.2. The Morgan fingerprint density at radius 3 is 2.29 bits per heavy atom. The number of rotatable bonds is 5. The number of sulfonamides is 1. The Morgan fingerprint density at radius 1 is 1.12 bits per heavy atom. The molecule has 0 atom stereocenters. The monoisotopic (exact) mass is 368 g/mol. The van der Waals surface area contributed by atoms with E-state index in [0.29, 0.717) is 11.3 Å². The predicted molar refractivity (Wildman–Crippen MR) is 93.3 cm³/mol. The number of anilines is 1. The average Bonchev–Trinajstić information content (AvgIpc) is 2.54. The van der Waals surface area contributed by atoms with Gasteiger partial charge >= 0.3 is 0 Å². The Morgan fingerprint density at radius 2 is 1.75 bits per heavy atom. The molecule has 0 radical (unpaired) electrons. The number of carbonyl (C=O) groups excluding carboxylic acids is 1. The fourth-order valence-corrected chi connectivity index (χ4v) is 3.50. The van der Waals surface area contributed by atoms with Gasteiger partial charge in [0.15, 0.2) is 0 Å². The van der Waals surface area contributed by atoms with Gasteiger partial charge in [-0.2, -0.15) is 0 Å². The summed E-state index contributed by atoms with van der Waals surface area (Å²) >= 11 is 5.88. The number of halogens is 1. The first kappa shape index (κ1) is 18.1. The molecule has 2 rings (SSSR count). The molecule has 0 saturated heterocycles. The number of hydrogen-bond acceptors (Lipinski definition) is 4. The van der Waals surface area contributed by atoms with Crippen LogP contribution < -0.4 is 9.46 Å². The Bertz CT molecular complexity index is 849. The van der Waals surface area contributed by atoms with Crippen molar-refractivity contribution in [3.05, 3.63) is 53.1 Å². The molecule has 0 unspecified atom stereocenters. The second-order valence-corrected chi connectivity index (χ2v) is 7.26. The summed E-state index contributed by atoms with van der Waals surface area (Å²) < 4.78 is 32.6. The molecule has 0 aliphatic heterocycles. The van der Waals surface area contributed by atoms with Crippen LogP contribution >= 0.6 is 11.6 Å². The van der Waals surface area contributed by atoms with Crippen LogP contribution in [0.2, 0.25) is 5.02 Å². The van der Waals surface area contributed by atoms with Gasteiger partial charge in [-0.05, 0) is 42.5 Å². The second-order valence-electron chi connectivity index (χ2n) is 5.18. The van der Waals surface area contributed by atoms with E-state index < -0.39 is 10.0 Å². The van der Waals surface area contributed by atoms with Gasteiger partial charge < -0.3 is 9.64 Å². The molecule has 0 fully saturated rings. The van der Waals surface area contributed by atoms with E-state index in [4.69, 9.17) is 16.3 Å². The molecular weight excluding hydrogens is 352 g/mol. The van der Waals surface area contributed by atoms with Crippen molar-refractivity contribution in [2.45, 2.75) is 4.90 Å². The van der Waals surface area contributed by atoms with Crippen molar-refractivity contribution >= 4 is 33.2 Å². The predicted octanol–water partition coefficient (Wildman–Crippen LogP) is 2.85. The highest BCUT2D eigenvalue weighted by atomic mass is 35.5. The molecule has 24 heavy (non-hydrogen) atoms. The van der Waals surface area contributed by atoms with E-state index in [0.717, 1.165) is 0 Å². The van der Waals surface area contributed by atoms with Crippen molar-refractivity contribution < 1.29 is 17.9 Å². The van der Waals surface area contributed by atoms with E-state index >= 15 is 0 Å². The number of amides is 1. The molecule has 6 nitrogen and oxygen atoms in total. The van der Waals surface area contributed by atoms with Crippen LogP contribution in [-0.2, 0) is 10.0 Å². The lowest BCUT2D eigenvalue weighted by Gasteiger charge is -2.13. The Balaban J connectivity index is 2.30. The zero-order valence-electron chi connectivity index (χ0n) is 13.4. The molecule has 1 N–H and O–H groups in total. The summed E-state index contributed by atoms with van der Waals surface area (Å²) in [5.74, 6) is 0.0206. The van der Waals surface area contributed by atoms with Crippen molar-refractivity contribution in [2.75, 3.05) is 25.9 Å². The highest BCUT2D eigenvalue weighted by molar-refractivity contribution is 7.92. The Hall–Kier alpha value is -2.25. The SMILES string of the molecule is COc1ccc(Cl)cc1S(=O)(=O)Nc1ccc(C(=O)N(C)C)cc1. The summed E-state index contributed by atoms with van der Waals surface area (Å²) in [7, 11) is 0.783. The number of methoxy groups -OCH3 is 1. The van der Waals surface area contributed by atoms with Crippen molar-refractivity contribution in [1.82, 2.24) is 4.90 Å². The van der Waals surface area contributed by atoms with Gasteiger partial charge in [0.25, 0.3) is 15.9 Å². The van der Waals surface area contributed by atoms with Crippen molar-refractivity contribution in [3.63, 3.8) is 0 Å². The highest BCUT2D eigenvalue weighted by Gasteiger charge is 2.20. The van der Waals surface area contributed by atoms with Crippen molar-refractivity contribution in [2.24, 2.45) is 0 Å². The van der Waals surface area contributed by atoms with Gasteiger partial charge in [-0.1, -0.05) is 11.6 Å². The zero-order chi connectivity index (χ0) is 17.9. The van der Waals surface area contributed by atoms with Gasteiger partial charge in [-0.25, -0.2) is 8.42 Å². The molecule has 1 amide bonds. The number of hydrogen-bond donors (Lipinski definition) is 1. The summed E-state index contributed by atoms with van der Waals surface area (Å²) in [6.07, 6.45) is 0. The molecule has 0 bridgehead atoms. The third-order valence-corrected chi connectivity index (χ3v) is 4.84. The van der Waals surface area contributed by atoms with E-state index in [9.17, 15) is 13.2 Å². The minimum absolute atomic E-state index is 0.0639. The van der Waals surface area contributed by atoms with Crippen molar-refractivity contribution in [1.29, 1.82) is 0 Å². The van der Waals surface area contributed by atoms with Crippen LogP contribution in [0.25, 0.3) is 0 Å². The maximum Gasteiger partial charge on any atom is 0.265 e. The molecule has 128 valence electrons. The van der Waals surface area contributed by atoms with Crippen molar-refractivity contribution in [3.8, 4) is 5.75 Å². The highest BCUT2D eigenvalue weighted by Crippen LogP contribution is 2.28. The molecule has 0 heterocycles. The van der Waals surface area contributed by atoms with E-state index in [2.05, 4.69) is 4.72 Å². The van der Waals surface area contributed by atoms with E-state index in [1.54, 1.807) is 32.3 Å². The number of nitrogens with one attached hydrogen (secondary N) is 1. The lowest BCUT2D eigenvalue weighted by atomic mass is 10.2. The molecule has 0 aliphatic carbocycles. The van der Waals surface area contributed by atoms with Gasteiger partial charge in [0.1, 0.15) is 10.6 Å². The molecular formula is C16H17ClN2O4S. The van der Waals surface area contributed by atoms with Crippen LogP contribution in [0.3, 0.4) is 0 Å². The number of ether oxygens (including phenoxy) is 1. The first-order valence-corrected chi connectivity index (χ1v) is 8.79. The van der Waals surface area contributed by atoms with Gasteiger partial charge in [0.05, 0.1) is 7.11 Å². The van der Waals surface area contributed by atoms with E-state index in [1.165, 1.54) is 36.3 Å². The van der Waals surface area contributed by atoms with Gasteiger partial charge in [0.2, 0.25) is 0 Å². The lowest BCUT2D eigenvalue weighted by molar-refractivity contribution is 0.0827. The third-order valence-electron chi connectivity index (χ3n) is 3.21. The van der Waals surface area contributed by atoms with Crippen LogP contribution in [-0.4, -0.2) is 40.4 Å². The fourth-order valence-electron chi connectivity index (χ4n) is 2.01. The van der Waals surface area contributed by atoms with Crippen LogP contribution in [0.1, 0.15) is 10.4 Å². The summed E-state index contributed by atoms with van der Waals surface area (Å²) in [6, 6.07) is 10.5. The quantitative estimate of drug-likeness (QED) is 0.880. The Kier molecular flexibility index (Phi) is 5.36. The molecule has 8 heteroatoms. The molecule has 0 aliphatic rings. The summed E-state index contributed by atoms with van der Waals surface area (Å²) in [6.45, 7) is 0. The van der Waals surface area contributed by atoms with Gasteiger partial charge in [-0.3, -0.25) is 9.52 Å². The van der Waals surface area contributed by atoms with E-state index in [-0.39, 0.29) is 21.6 Å². The lowest BCUT2D eigenvalue weighted by Crippen LogP contribution is -2.21. The molecule has 2 aromatic carbocycles. The number of nitrogens with zero attached hydrogens (tertiary/aromatic N) is 1. The standard InChI is InChI=1S/C16H17ClN2O4S/c1-19(2)16(20)11-4-7-13(8-5-11)18-24(21,22)15-10-12(17)6-9-14(15)23-3/h4-10,18H,1-3H3. The topological polar surface area (TPSA) is 75.7 Å². The fraction of sp³-hybridized carbons (Fsp3) is 0.188. The molecule has 2 aromatic rings. The maximum atomic E-state index is 12.5. The maximum absolute atomic E-state index is 12.5. The van der Waals surface area contributed by atoms with Gasteiger partial charge in [0, 0.05) is 30.4 Å². The van der Waals surface area contributed by atoms with Crippen LogP contribution in [0, 0.1) is 0 Å². The first-order valence-electron chi connectivity index (χ1n) is 6.92. The minimum atomic E-state index is -3.88. The minimum Gasteiger partial charge on any atom is -0.495 e. The van der Waals surface area contributed by atoms with Crippen LogP contribution in [0.5, 0.6) is 5.75 Å². The Labute approximate surface area is 146 Å². The number of carbonyl (C=O) groups is 1. The third kappa shape index (κ3) is 3.98. The molecule has 0 saturated carbocycles. The summed E-state index contributed by atoms with van der Waals surface area (Å²) in [5.41, 5.74) is 0.788. The molecule has 0 aromatic heterocycles. The zero-order valence-corrected chi connectivity index (χ0v) is 15.0. The second kappa shape index (κ2) is 7.11. The van der Waals surface area contributed by atoms with Crippen LogP contribution in [0.4, 0.5) is 5.69 Å². The molecule has 0 spiro atoms.